The van der Waals surface area contributed by atoms with Crippen LogP contribution in [0, 0.1) is 11.3 Å². The second kappa shape index (κ2) is 8.89. The van der Waals surface area contributed by atoms with E-state index in [0.717, 1.165) is 12.8 Å². The first-order valence-corrected chi connectivity index (χ1v) is 10.2. The molecule has 2 amide bonds. The van der Waals surface area contributed by atoms with Crippen molar-refractivity contribution in [2.45, 2.75) is 31.8 Å². The minimum atomic E-state index is -0.779. The molecular formula is C21H21N7O4. The molecule has 164 valence electrons. The number of rotatable bonds is 8. The van der Waals surface area contributed by atoms with Gasteiger partial charge in [0.1, 0.15) is 12.6 Å². The summed E-state index contributed by atoms with van der Waals surface area (Å²) in [6, 6.07) is 6.82. The fourth-order valence-electron chi connectivity index (χ4n) is 3.44. The van der Waals surface area contributed by atoms with Crippen LogP contribution in [0.1, 0.15) is 35.2 Å². The number of H-pyrrole nitrogens is 2. The summed E-state index contributed by atoms with van der Waals surface area (Å²) in [5.74, 6) is -0.386. The van der Waals surface area contributed by atoms with E-state index >= 15 is 0 Å². The van der Waals surface area contributed by atoms with Gasteiger partial charge in [0.15, 0.2) is 0 Å². The summed E-state index contributed by atoms with van der Waals surface area (Å²) < 4.78 is 1.45. The summed E-state index contributed by atoms with van der Waals surface area (Å²) in [5.41, 5.74) is 0.0287. The van der Waals surface area contributed by atoms with Crippen LogP contribution in [0.3, 0.4) is 0 Å². The Balaban J connectivity index is 1.30. The number of nitrogens with zero attached hydrogens (tertiary/aromatic N) is 4. The Hall–Kier alpha value is -4.20. The zero-order valence-electron chi connectivity index (χ0n) is 17.1. The second-order valence-electron chi connectivity index (χ2n) is 7.63. The molecule has 1 saturated carbocycles. The number of benzene rings is 1. The summed E-state index contributed by atoms with van der Waals surface area (Å²) in [6.07, 6.45) is 5.45. The first kappa shape index (κ1) is 21.0. The van der Waals surface area contributed by atoms with Gasteiger partial charge in [0.05, 0.1) is 22.8 Å². The van der Waals surface area contributed by atoms with Crippen molar-refractivity contribution in [1.82, 2.24) is 30.0 Å². The fraction of sp³-hybridized carbons (Fsp3) is 0.333. The molecule has 3 N–H and O–H groups in total. The fourth-order valence-corrected chi connectivity index (χ4v) is 3.44. The summed E-state index contributed by atoms with van der Waals surface area (Å²) >= 11 is 0. The van der Waals surface area contributed by atoms with Crippen LogP contribution in [0.2, 0.25) is 0 Å². The minimum Gasteiger partial charge on any atom is -0.352 e. The molecule has 11 heteroatoms. The van der Waals surface area contributed by atoms with Gasteiger partial charge in [-0.15, -0.1) is 0 Å². The molecule has 0 unspecified atom stereocenters. The van der Waals surface area contributed by atoms with Crippen LogP contribution in [0.5, 0.6) is 0 Å². The standard InChI is InChI=1S/C21H21N7O4/c22-9-13-10-24-27(11-13)12-18(29)28(15-3-4-15)7-1-6-23-19(30)14-2-5-16-17(8-14)26-21(32)20(31)25-16/h2,5,8,10-11,15H,1,3-4,6-7,12H2,(H,23,30)(H,25,31)(H,26,32). The maximum Gasteiger partial charge on any atom is 0.314 e. The molecule has 0 aliphatic heterocycles. The van der Waals surface area contributed by atoms with E-state index < -0.39 is 11.1 Å². The Labute approximate surface area is 181 Å². The monoisotopic (exact) mass is 435 g/mol. The molecule has 1 aromatic carbocycles. The van der Waals surface area contributed by atoms with Gasteiger partial charge >= 0.3 is 11.1 Å². The lowest BCUT2D eigenvalue weighted by Gasteiger charge is -2.22. The van der Waals surface area contributed by atoms with Gasteiger partial charge in [0.25, 0.3) is 5.91 Å². The predicted octanol–water partition coefficient (Wildman–Crippen LogP) is 0.0957. The SMILES string of the molecule is N#Cc1cnn(CC(=O)N(CCCNC(=O)c2ccc3[nH]c(=O)c(=O)[nH]c3c2)C2CC2)c1. The molecule has 1 aliphatic rings. The molecule has 2 aromatic heterocycles. The van der Waals surface area contributed by atoms with Crippen LogP contribution < -0.4 is 16.4 Å². The lowest BCUT2D eigenvalue weighted by Crippen LogP contribution is -2.38. The van der Waals surface area contributed by atoms with Crippen LogP contribution in [0.25, 0.3) is 11.0 Å². The third kappa shape index (κ3) is 4.75. The van der Waals surface area contributed by atoms with Gasteiger partial charge in [-0.3, -0.25) is 23.9 Å². The van der Waals surface area contributed by atoms with E-state index in [2.05, 4.69) is 20.4 Å². The van der Waals surface area contributed by atoms with Crippen molar-refractivity contribution in [3.8, 4) is 6.07 Å². The first-order chi connectivity index (χ1) is 15.4. The largest absolute Gasteiger partial charge is 0.352 e. The zero-order valence-corrected chi connectivity index (χ0v) is 17.1. The summed E-state index contributed by atoms with van der Waals surface area (Å²) in [7, 11) is 0. The Bertz CT molecular complexity index is 1330. The molecule has 3 aromatic rings. The highest BCUT2D eigenvalue weighted by atomic mass is 16.2. The first-order valence-electron chi connectivity index (χ1n) is 10.2. The van der Waals surface area contributed by atoms with Gasteiger partial charge in [-0.25, -0.2) is 0 Å². The van der Waals surface area contributed by atoms with E-state index in [1.807, 2.05) is 6.07 Å². The highest BCUT2D eigenvalue weighted by Gasteiger charge is 2.32. The van der Waals surface area contributed by atoms with Crippen molar-refractivity contribution in [3.05, 3.63) is 62.4 Å². The van der Waals surface area contributed by atoms with Gasteiger partial charge in [-0.1, -0.05) is 0 Å². The van der Waals surface area contributed by atoms with Crippen molar-refractivity contribution in [2.24, 2.45) is 0 Å². The van der Waals surface area contributed by atoms with E-state index in [1.54, 1.807) is 17.0 Å². The topological polar surface area (TPSA) is 157 Å². The van der Waals surface area contributed by atoms with E-state index in [-0.39, 0.29) is 24.4 Å². The molecule has 0 spiro atoms. The number of carbonyl (C=O) groups is 2. The van der Waals surface area contributed by atoms with Gasteiger partial charge in [0, 0.05) is 30.9 Å². The molecule has 1 fully saturated rings. The average Bonchev–Trinajstić information content (AvgIpc) is 3.51. The third-order valence-electron chi connectivity index (χ3n) is 5.21. The van der Waals surface area contributed by atoms with E-state index in [4.69, 9.17) is 5.26 Å². The van der Waals surface area contributed by atoms with Crippen LogP contribution in [0.4, 0.5) is 0 Å². The molecule has 0 saturated heterocycles. The molecule has 0 bridgehead atoms. The van der Waals surface area contributed by atoms with Crippen LogP contribution in [0.15, 0.2) is 40.2 Å². The average molecular weight is 435 g/mol. The minimum absolute atomic E-state index is 0.0705. The Morgan fingerprint density at radius 1 is 1.22 bits per heavy atom. The van der Waals surface area contributed by atoms with Gasteiger partial charge in [0.2, 0.25) is 5.91 Å². The van der Waals surface area contributed by atoms with Crippen LogP contribution in [-0.2, 0) is 11.3 Å². The number of aromatic nitrogens is 4. The van der Waals surface area contributed by atoms with Crippen molar-refractivity contribution in [1.29, 1.82) is 5.26 Å². The Morgan fingerprint density at radius 2 is 1.97 bits per heavy atom. The number of nitrogens with one attached hydrogen (secondary N) is 3. The summed E-state index contributed by atoms with van der Waals surface area (Å²) in [5, 5.41) is 15.7. The molecule has 1 aliphatic carbocycles. The lowest BCUT2D eigenvalue weighted by atomic mass is 10.2. The number of aromatic amines is 2. The van der Waals surface area contributed by atoms with Gasteiger partial charge in [-0.2, -0.15) is 10.4 Å². The Kier molecular flexibility index (Phi) is 5.85. The lowest BCUT2D eigenvalue weighted by molar-refractivity contribution is -0.132. The number of amides is 2. The van der Waals surface area contributed by atoms with E-state index in [9.17, 15) is 19.2 Å². The number of hydrogen-bond acceptors (Lipinski definition) is 6. The summed E-state index contributed by atoms with van der Waals surface area (Å²) in [4.78, 5) is 54.7. The van der Waals surface area contributed by atoms with Gasteiger partial charge < -0.3 is 20.2 Å². The maximum absolute atomic E-state index is 12.7. The van der Waals surface area contributed by atoms with Crippen molar-refractivity contribution < 1.29 is 9.59 Å². The van der Waals surface area contributed by atoms with Crippen molar-refractivity contribution in [3.63, 3.8) is 0 Å². The molecule has 32 heavy (non-hydrogen) atoms. The number of nitriles is 1. The molecule has 2 heterocycles. The van der Waals surface area contributed by atoms with Crippen LogP contribution >= 0.6 is 0 Å². The molecule has 11 nitrogen and oxygen atoms in total. The normalized spacial score (nSPS) is 13.0. The smallest absolute Gasteiger partial charge is 0.314 e. The van der Waals surface area contributed by atoms with Crippen LogP contribution in [-0.4, -0.2) is 55.6 Å². The molecule has 0 radical (unpaired) electrons. The third-order valence-corrected chi connectivity index (χ3v) is 5.21. The highest BCUT2D eigenvalue weighted by molar-refractivity contribution is 5.97. The maximum atomic E-state index is 12.7. The molecule has 0 atom stereocenters. The van der Waals surface area contributed by atoms with Crippen molar-refractivity contribution >= 4 is 22.8 Å². The Morgan fingerprint density at radius 3 is 2.66 bits per heavy atom. The van der Waals surface area contributed by atoms with E-state index in [0.29, 0.717) is 41.7 Å². The number of fused-ring (bicyclic) bond motifs is 1. The second-order valence-corrected chi connectivity index (χ2v) is 7.63. The zero-order chi connectivity index (χ0) is 22.7. The molecule has 4 rings (SSSR count). The quantitative estimate of drug-likeness (QED) is 0.336. The summed E-state index contributed by atoms with van der Waals surface area (Å²) in [6.45, 7) is 0.945. The highest BCUT2D eigenvalue weighted by Crippen LogP contribution is 2.27. The van der Waals surface area contributed by atoms with Crippen molar-refractivity contribution in [2.75, 3.05) is 13.1 Å². The van der Waals surface area contributed by atoms with E-state index in [1.165, 1.54) is 23.1 Å². The predicted molar refractivity (Wildman–Crippen MR) is 114 cm³/mol. The van der Waals surface area contributed by atoms with Gasteiger partial charge in [-0.05, 0) is 37.5 Å². The molecular weight excluding hydrogens is 414 g/mol. The number of carbonyl (C=O) groups excluding carboxylic acids is 2. The number of hydrogen-bond donors (Lipinski definition) is 3.